The van der Waals surface area contributed by atoms with Crippen LogP contribution in [0.25, 0.3) is 0 Å². The van der Waals surface area contributed by atoms with E-state index in [1.54, 1.807) is 0 Å². The lowest BCUT2D eigenvalue weighted by Crippen LogP contribution is -2.11. The molecule has 0 aromatic heterocycles. The zero-order valence-electron chi connectivity index (χ0n) is 9.43. The maximum absolute atomic E-state index is 13.1. The van der Waals surface area contributed by atoms with Crippen LogP contribution < -0.4 is 5.32 Å². The van der Waals surface area contributed by atoms with Crippen LogP contribution in [0.4, 0.5) is 14.5 Å². The Bertz CT molecular complexity index is 318. The predicted molar refractivity (Wildman–Crippen MR) is 60.6 cm³/mol. The molecule has 1 aromatic rings. The van der Waals surface area contributed by atoms with Crippen LogP contribution in [-0.2, 0) is 4.74 Å². The molecule has 1 aromatic carbocycles. The molecule has 0 heterocycles. The van der Waals surface area contributed by atoms with Gasteiger partial charge in [-0.1, -0.05) is 13.3 Å². The number of anilines is 1. The van der Waals surface area contributed by atoms with E-state index in [0.717, 1.165) is 25.5 Å². The van der Waals surface area contributed by atoms with E-state index in [0.29, 0.717) is 18.8 Å². The second-order valence-corrected chi connectivity index (χ2v) is 3.52. The summed E-state index contributed by atoms with van der Waals surface area (Å²) in [6, 6.07) is 3.47. The van der Waals surface area contributed by atoms with Crippen LogP contribution in [0, 0.1) is 11.6 Å². The number of unbranched alkanes of at least 4 members (excludes halogenated alkanes) is 1. The van der Waals surface area contributed by atoms with Gasteiger partial charge in [0, 0.05) is 19.2 Å². The highest BCUT2D eigenvalue weighted by Gasteiger charge is 2.02. The van der Waals surface area contributed by atoms with E-state index in [1.165, 1.54) is 12.1 Å². The zero-order valence-corrected chi connectivity index (χ0v) is 9.43. The first-order valence-corrected chi connectivity index (χ1v) is 5.50. The zero-order chi connectivity index (χ0) is 11.8. The van der Waals surface area contributed by atoms with Gasteiger partial charge in [-0.05, 0) is 18.6 Å². The summed E-state index contributed by atoms with van der Waals surface area (Å²) < 4.78 is 31.0. The van der Waals surface area contributed by atoms with Crippen LogP contribution in [-0.4, -0.2) is 19.8 Å². The highest BCUT2D eigenvalue weighted by molar-refractivity contribution is 5.44. The van der Waals surface area contributed by atoms with Gasteiger partial charge in [0.05, 0.1) is 12.3 Å². The molecule has 0 radical (unpaired) electrons. The lowest BCUT2D eigenvalue weighted by Gasteiger charge is -2.07. The smallest absolute Gasteiger partial charge is 0.149 e. The second-order valence-electron chi connectivity index (χ2n) is 3.52. The van der Waals surface area contributed by atoms with Crippen molar-refractivity contribution in [2.45, 2.75) is 19.8 Å². The highest BCUT2D eigenvalue weighted by atomic mass is 19.1. The van der Waals surface area contributed by atoms with Crippen molar-refractivity contribution in [2.75, 3.05) is 25.1 Å². The lowest BCUT2D eigenvalue weighted by molar-refractivity contribution is 0.141. The summed E-state index contributed by atoms with van der Waals surface area (Å²) in [5, 5.41) is 2.85. The molecular weight excluding hydrogens is 212 g/mol. The summed E-state index contributed by atoms with van der Waals surface area (Å²) in [5.74, 6) is -1.14. The molecule has 0 atom stereocenters. The minimum atomic E-state index is -0.575. The monoisotopic (exact) mass is 229 g/mol. The Morgan fingerprint density at radius 3 is 2.75 bits per heavy atom. The summed E-state index contributed by atoms with van der Waals surface area (Å²) in [5.41, 5.74) is 0.306. The fourth-order valence-corrected chi connectivity index (χ4v) is 1.24. The van der Waals surface area contributed by atoms with Gasteiger partial charge in [0.1, 0.15) is 11.6 Å². The molecule has 0 saturated carbocycles. The number of hydrogen-bond donors (Lipinski definition) is 1. The molecule has 0 spiro atoms. The van der Waals surface area contributed by atoms with Crippen LogP contribution in [0.1, 0.15) is 19.8 Å². The fraction of sp³-hybridized carbons (Fsp3) is 0.500. The average Bonchev–Trinajstić information content (AvgIpc) is 2.26. The van der Waals surface area contributed by atoms with Crippen LogP contribution in [0.5, 0.6) is 0 Å². The quantitative estimate of drug-likeness (QED) is 0.725. The second kappa shape index (κ2) is 7.17. The lowest BCUT2D eigenvalue weighted by atomic mass is 10.3. The van der Waals surface area contributed by atoms with Crippen LogP contribution >= 0.6 is 0 Å². The molecule has 16 heavy (non-hydrogen) atoms. The fourth-order valence-electron chi connectivity index (χ4n) is 1.24. The van der Waals surface area contributed by atoms with Gasteiger partial charge in [0.15, 0.2) is 0 Å². The molecule has 0 fully saturated rings. The van der Waals surface area contributed by atoms with Crippen molar-refractivity contribution in [1.29, 1.82) is 0 Å². The standard InChI is InChI=1S/C12H17F2NO/c1-2-3-7-16-8-6-15-12-5-4-10(13)9-11(12)14/h4-5,9,15H,2-3,6-8H2,1H3. The molecule has 4 heteroatoms. The third-order valence-corrected chi connectivity index (χ3v) is 2.14. The minimum absolute atomic E-state index is 0.306. The van der Waals surface area contributed by atoms with Crippen molar-refractivity contribution in [3.05, 3.63) is 29.8 Å². The minimum Gasteiger partial charge on any atom is -0.380 e. The van der Waals surface area contributed by atoms with E-state index in [9.17, 15) is 8.78 Å². The van der Waals surface area contributed by atoms with Crippen molar-refractivity contribution < 1.29 is 13.5 Å². The molecule has 0 aliphatic rings. The van der Waals surface area contributed by atoms with E-state index in [2.05, 4.69) is 12.2 Å². The molecular formula is C12H17F2NO. The third kappa shape index (κ3) is 4.57. The SMILES string of the molecule is CCCCOCCNc1ccc(F)cc1F. The summed E-state index contributed by atoms with van der Waals surface area (Å²) in [6.07, 6.45) is 2.13. The number of nitrogens with one attached hydrogen (secondary N) is 1. The van der Waals surface area contributed by atoms with Gasteiger partial charge in [-0.3, -0.25) is 0 Å². The Morgan fingerprint density at radius 2 is 2.06 bits per heavy atom. The van der Waals surface area contributed by atoms with E-state index >= 15 is 0 Å². The van der Waals surface area contributed by atoms with E-state index in [4.69, 9.17) is 4.74 Å². The Balaban J connectivity index is 2.21. The van der Waals surface area contributed by atoms with Crippen LogP contribution in [0.15, 0.2) is 18.2 Å². The first-order chi connectivity index (χ1) is 7.74. The van der Waals surface area contributed by atoms with Crippen molar-refractivity contribution in [3.63, 3.8) is 0 Å². The van der Waals surface area contributed by atoms with E-state index in [-0.39, 0.29) is 0 Å². The van der Waals surface area contributed by atoms with Crippen molar-refractivity contribution in [1.82, 2.24) is 0 Å². The van der Waals surface area contributed by atoms with E-state index in [1.807, 2.05) is 0 Å². The summed E-state index contributed by atoms with van der Waals surface area (Å²) >= 11 is 0. The maximum atomic E-state index is 13.1. The first kappa shape index (κ1) is 12.9. The van der Waals surface area contributed by atoms with E-state index < -0.39 is 11.6 Å². The van der Waals surface area contributed by atoms with Gasteiger partial charge in [0.25, 0.3) is 0 Å². The Kier molecular flexibility index (Phi) is 5.78. The van der Waals surface area contributed by atoms with Gasteiger partial charge in [-0.25, -0.2) is 8.78 Å². The number of halogens is 2. The molecule has 0 aliphatic carbocycles. The van der Waals surface area contributed by atoms with Crippen molar-refractivity contribution >= 4 is 5.69 Å². The molecule has 0 amide bonds. The number of hydrogen-bond acceptors (Lipinski definition) is 2. The molecule has 0 bridgehead atoms. The Labute approximate surface area is 94.6 Å². The predicted octanol–water partition coefficient (Wildman–Crippen LogP) is 3.19. The topological polar surface area (TPSA) is 21.3 Å². The van der Waals surface area contributed by atoms with Crippen molar-refractivity contribution in [2.24, 2.45) is 0 Å². The molecule has 1 rings (SSSR count). The first-order valence-electron chi connectivity index (χ1n) is 5.50. The summed E-state index contributed by atoms with van der Waals surface area (Å²) in [7, 11) is 0. The number of benzene rings is 1. The summed E-state index contributed by atoms with van der Waals surface area (Å²) in [4.78, 5) is 0. The molecule has 90 valence electrons. The van der Waals surface area contributed by atoms with Gasteiger partial charge in [-0.2, -0.15) is 0 Å². The number of ether oxygens (including phenoxy) is 1. The molecule has 0 aliphatic heterocycles. The molecule has 0 saturated heterocycles. The Morgan fingerprint density at radius 1 is 1.25 bits per heavy atom. The van der Waals surface area contributed by atoms with Gasteiger partial charge in [-0.15, -0.1) is 0 Å². The molecule has 2 nitrogen and oxygen atoms in total. The number of rotatable bonds is 7. The van der Waals surface area contributed by atoms with Gasteiger partial charge in [0.2, 0.25) is 0 Å². The third-order valence-electron chi connectivity index (χ3n) is 2.14. The molecule has 1 N–H and O–H groups in total. The van der Waals surface area contributed by atoms with Crippen LogP contribution in [0.3, 0.4) is 0 Å². The normalized spacial score (nSPS) is 10.4. The average molecular weight is 229 g/mol. The van der Waals surface area contributed by atoms with Gasteiger partial charge < -0.3 is 10.1 Å². The Hall–Kier alpha value is -1.16. The van der Waals surface area contributed by atoms with Gasteiger partial charge >= 0.3 is 0 Å². The maximum Gasteiger partial charge on any atom is 0.149 e. The van der Waals surface area contributed by atoms with Crippen LogP contribution in [0.2, 0.25) is 0 Å². The highest BCUT2D eigenvalue weighted by Crippen LogP contribution is 2.14. The van der Waals surface area contributed by atoms with Crippen molar-refractivity contribution in [3.8, 4) is 0 Å². The largest absolute Gasteiger partial charge is 0.380 e. The molecule has 0 unspecified atom stereocenters. The summed E-state index contributed by atoms with van der Waals surface area (Å²) in [6.45, 7) is 3.86.